The van der Waals surface area contributed by atoms with Crippen molar-refractivity contribution in [2.24, 2.45) is 0 Å². The molecule has 3 rings (SSSR count). The molecule has 1 atom stereocenters. The molecule has 1 nitrogen and oxygen atoms in total. The molecule has 0 saturated carbocycles. The molecule has 3 heteroatoms. The fourth-order valence-electron chi connectivity index (χ4n) is 2.60. The van der Waals surface area contributed by atoms with Gasteiger partial charge in [0.1, 0.15) is 11.4 Å². The monoisotopic (exact) mass is 336 g/mol. The lowest BCUT2D eigenvalue weighted by atomic mass is 9.97. The van der Waals surface area contributed by atoms with Gasteiger partial charge < -0.3 is 4.74 Å². The highest BCUT2D eigenvalue weighted by atomic mass is 79.9. The minimum absolute atomic E-state index is 0.0684. The molecule has 100 valence electrons. The summed E-state index contributed by atoms with van der Waals surface area (Å²) in [5, 5.41) is 4.42. The average Bonchev–Trinajstić information content (AvgIpc) is 2.88. The van der Waals surface area contributed by atoms with E-state index in [-0.39, 0.29) is 10.4 Å². The predicted molar refractivity (Wildman–Crippen MR) is 84.7 cm³/mol. The number of alkyl halides is 1. The van der Waals surface area contributed by atoms with Gasteiger partial charge in [0.25, 0.3) is 0 Å². The molecule has 19 heavy (non-hydrogen) atoms. The van der Waals surface area contributed by atoms with Crippen molar-refractivity contribution in [3.8, 4) is 5.75 Å². The lowest BCUT2D eigenvalue weighted by Crippen LogP contribution is -2.24. The highest BCUT2D eigenvalue weighted by Crippen LogP contribution is 2.40. The number of rotatable bonds is 2. The average molecular weight is 337 g/mol. The van der Waals surface area contributed by atoms with E-state index in [0.29, 0.717) is 0 Å². The fraction of sp³-hybridized carbons (Fsp3) is 0.375. The second-order valence-electron chi connectivity index (χ2n) is 5.78. The molecule has 1 aromatic carbocycles. The summed E-state index contributed by atoms with van der Waals surface area (Å²) in [5.74, 6) is 1.04. The van der Waals surface area contributed by atoms with Crippen LogP contribution in [0.25, 0.3) is 0 Å². The number of hydrogen-bond donors (Lipinski definition) is 0. The van der Waals surface area contributed by atoms with Crippen molar-refractivity contribution in [2.75, 3.05) is 0 Å². The zero-order valence-electron chi connectivity index (χ0n) is 11.4. The number of benzene rings is 1. The van der Waals surface area contributed by atoms with Crippen LogP contribution in [0.5, 0.6) is 5.75 Å². The van der Waals surface area contributed by atoms with Crippen molar-refractivity contribution >= 4 is 27.3 Å². The van der Waals surface area contributed by atoms with Gasteiger partial charge in [0.05, 0.1) is 4.83 Å². The molecule has 1 aromatic heterocycles. The number of fused-ring (bicyclic) bond motifs is 1. The second-order valence-corrected chi connectivity index (χ2v) is 7.44. The van der Waals surface area contributed by atoms with E-state index in [1.54, 1.807) is 11.3 Å². The summed E-state index contributed by atoms with van der Waals surface area (Å²) < 4.78 is 5.93. The molecule has 0 fully saturated rings. The number of thiophene rings is 1. The maximum Gasteiger partial charge on any atom is 0.123 e. The molecule has 0 aliphatic carbocycles. The van der Waals surface area contributed by atoms with Gasteiger partial charge in [-0.2, -0.15) is 11.3 Å². The minimum atomic E-state index is -0.0684. The summed E-state index contributed by atoms with van der Waals surface area (Å²) in [4.78, 5) is 0.271. The van der Waals surface area contributed by atoms with Crippen LogP contribution in [0.15, 0.2) is 29.0 Å². The summed E-state index contributed by atoms with van der Waals surface area (Å²) in [6, 6.07) is 6.55. The highest BCUT2D eigenvalue weighted by Gasteiger charge is 2.30. The van der Waals surface area contributed by atoms with Crippen molar-refractivity contribution in [3.63, 3.8) is 0 Å². The van der Waals surface area contributed by atoms with Gasteiger partial charge in [0, 0.05) is 6.42 Å². The van der Waals surface area contributed by atoms with E-state index < -0.39 is 0 Å². The Hall–Kier alpha value is -0.800. The molecule has 0 amide bonds. The highest BCUT2D eigenvalue weighted by molar-refractivity contribution is 9.09. The maximum absolute atomic E-state index is 5.93. The van der Waals surface area contributed by atoms with E-state index in [2.05, 4.69) is 65.7 Å². The third-order valence-corrected chi connectivity index (χ3v) is 5.45. The Morgan fingerprint density at radius 3 is 2.79 bits per heavy atom. The smallest absolute Gasteiger partial charge is 0.123 e. The molecule has 2 aromatic rings. The third kappa shape index (κ3) is 2.46. The SMILES string of the molecule is Cc1cscc1C(Br)c1ccc2c(c1)CC(C)(C)O2. The lowest BCUT2D eigenvalue weighted by Gasteiger charge is -2.16. The Morgan fingerprint density at radius 1 is 1.32 bits per heavy atom. The van der Waals surface area contributed by atoms with E-state index in [4.69, 9.17) is 4.74 Å². The Bertz CT molecular complexity index is 615. The first kappa shape index (κ1) is 13.2. The molecule has 0 saturated heterocycles. The Kier molecular flexibility index (Phi) is 3.22. The quantitative estimate of drug-likeness (QED) is 0.680. The van der Waals surface area contributed by atoms with Gasteiger partial charge in [-0.3, -0.25) is 0 Å². The maximum atomic E-state index is 5.93. The first-order valence-electron chi connectivity index (χ1n) is 6.45. The first-order chi connectivity index (χ1) is 8.96. The fourth-order valence-corrected chi connectivity index (χ4v) is 4.43. The van der Waals surface area contributed by atoms with Gasteiger partial charge in [0.15, 0.2) is 0 Å². The third-order valence-electron chi connectivity index (χ3n) is 3.55. The van der Waals surface area contributed by atoms with Gasteiger partial charge in [-0.1, -0.05) is 28.1 Å². The van der Waals surface area contributed by atoms with Crippen LogP contribution in [0.4, 0.5) is 0 Å². The van der Waals surface area contributed by atoms with Crippen LogP contribution in [0.3, 0.4) is 0 Å². The molecule has 1 aliphatic rings. The van der Waals surface area contributed by atoms with Crippen LogP contribution in [-0.2, 0) is 6.42 Å². The summed E-state index contributed by atoms with van der Waals surface area (Å²) in [6.07, 6.45) is 0.985. The number of halogens is 1. The van der Waals surface area contributed by atoms with E-state index >= 15 is 0 Å². The second kappa shape index (κ2) is 4.64. The summed E-state index contributed by atoms with van der Waals surface area (Å²) in [6.45, 7) is 6.45. The van der Waals surface area contributed by atoms with Crippen molar-refractivity contribution < 1.29 is 4.74 Å². The number of aryl methyl sites for hydroxylation is 1. The Morgan fingerprint density at radius 2 is 2.11 bits per heavy atom. The first-order valence-corrected chi connectivity index (χ1v) is 8.31. The van der Waals surface area contributed by atoms with Crippen LogP contribution >= 0.6 is 27.3 Å². The minimum Gasteiger partial charge on any atom is -0.487 e. The van der Waals surface area contributed by atoms with Gasteiger partial charge in [-0.25, -0.2) is 0 Å². The van der Waals surface area contributed by atoms with Crippen LogP contribution in [0.1, 0.15) is 40.9 Å². The molecular formula is C16H17BrOS. The molecule has 1 aliphatic heterocycles. The molecule has 0 radical (unpaired) electrons. The largest absolute Gasteiger partial charge is 0.487 e. The molecule has 2 heterocycles. The van der Waals surface area contributed by atoms with Crippen LogP contribution in [-0.4, -0.2) is 5.60 Å². The van der Waals surface area contributed by atoms with Crippen LogP contribution < -0.4 is 4.74 Å². The van der Waals surface area contributed by atoms with Crippen LogP contribution in [0.2, 0.25) is 0 Å². The molecule has 0 N–H and O–H groups in total. The number of ether oxygens (including phenoxy) is 1. The zero-order valence-corrected chi connectivity index (χ0v) is 13.8. The Balaban J connectivity index is 1.94. The topological polar surface area (TPSA) is 9.23 Å². The molecule has 1 unspecified atom stereocenters. The summed E-state index contributed by atoms with van der Waals surface area (Å²) in [7, 11) is 0. The van der Waals surface area contributed by atoms with Crippen molar-refractivity contribution in [1.29, 1.82) is 0 Å². The van der Waals surface area contributed by atoms with E-state index in [1.165, 1.54) is 22.3 Å². The van der Waals surface area contributed by atoms with Gasteiger partial charge >= 0.3 is 0 Å². The normalized spacial score (nSPS) is 17.9. The zero-order chi connectivity index (χ0) is 13.6. The standard InChI is InChI=1S/C16H17BrOS/c1-10-8-19-9-13(10)15(17)11-4-5-14-12(6-11)7-16(2,3)18-14/h4-6,8-9,15H,7H2,1-3H3. The molecule has 0 spiro atoms. The van der Waals surface area contributed by atoms with E-state index in [1.807, 2.05) is 0 Å². The predicted octanol–water partition coefficient (Wildman–Crippen LogP) is 5.25. The van der Waals surface area contributed by atoms with E-state index in [0.717, 1.165) is 12.2 Å². The summed E-state index contributed by atoms with van der Waals surface area (Å²) in [5.41, 5.74) is 5.27. The Labute approximate surface area is 126 Å². The molecular weight excluding hydrogens is 320 g/mol. The van der Waals surface area contributed by atoms with Crippen LogP contribution in [0, 0.1) is 6.92 Å². The summed E-state index contributed by atoms with van der Waals surface area (Å²) >= 11 is 5.59. The lowest BCUT2D eigenvalue weighted by molar-refractivity contribution is 0.138. The van der Waals surface area contributed by atoms with Gasteiger partial charge in [-0.05, 0) is 59.9 Å². The van der Waals surface area contributed by atoms with Crippen molar-refractivity contribution in [3.05, 3.63) is 51.2 Å². The van der Waals surface area contributed by atoms with E-state index in [9.17, 15) is 0 Å². The van der Waals surface area contributed by atoms with Gasteiger partial charge in [0.2, 0.25) is 0 Å². The van der Waals surface area contributed by atoms with Crippen molar-refractivity contribution in [1.82, 2.24) is 0 Å². The van der Waals surface area contributed by atoms with Gasteiger partial charge in [-0.15, -0.1) is 0 Å². The van der Waals surface area contributed by atoms with Crippen molar-refractivity contribution in [2.45, 2.75) is 37.6 Å². The molecule has 0 bridgehead atoms. The number of hydrogen-bond acceptors (Lipinski definition) is 2.